The van der Waals surface area contributed by atoms with Crippen LogP contribution < -0.4 is 15.4 Å². The number of anilines is 1. The van der Waals surface area contributed by atoms with E-state index in [9.17, 15) is 4.79 Å². The lowest BCUT2D eigenvalue weighted by atomic mass is 9.87. The zero-order valence-corrected chi connectivity index (χ0v) is 12.4. The van der Waals surface area contributed by atoms with Crippen molar-refractivity contribution in [2.75, 3.05) is 18.4 Å². The van der Waals surface area contributed by atoms with E-state index in [-0.39, 0.29) is 5.91 Å². The second-order valence-corrected chi connectivity index (χ2v) is 6.07. The number of nitrogens with one attached hydrogen (secondary N) is 2. The molecule has 4 heteroatoms. The topological polar surface area (TPSA) is 50.4 Å². The van der Waals surface area contributed by atoms with Gasteiger partial charge in [-0.05, 0) is 24.5 Å². The fourth-order valence-corrected chi connectivity index (χ4v) is 3.25. The van der Waals surface area contributed by atoms with E-state index in [1.165, 1.54) is 32.1 Å². The van der Waals surface area contributed by atoms with Crippen molar-refractivity contribution in [1.29, 1.82) is 0 Å². The fraction of sp³-hybridized carbons (Fsp3) is 0.588. The molecule has 1 atom stereocenters. The van der Waals surface area contributed by atoms with Crippen LogP contribution in [0.1, 0.15) is 38.5 Å². The maximum atomic E-state index is 12.2. The molecular formula is C17H24N2O2. The number of carbonyl (C=O) groups is 1. The average molecular weight is 288 g/mol. The first-order chi connectivity index (χ1) is 10.3. The third kappa shape index (κ3) is 3.69. The van der Waals surface area contributed by atoms with E-state index in [2.05, 4.69) is 10.6 Å². The Labute approximate surface area is 126 Å². The van der Waals surface area contributed by atoms with Crippen LogP contribution in [-0.4, -0.2) is 25.1 Å². The van der Waals surface area contributed by atoms with Crippen LogP contribution in [0.2, 0.25) is 0 Å². The molecule has 1 fully saturated rings. The molecule has 1 aromatic carbocycles. The number of ether oxygens (including phenoxy) is 1. The van der Waals surface area contributed by atoms with E-state index in [0.717, 1.165) is 30.3 Å². The highest BCUT2D eigenvalue weighted by Gasteiger charge is 2.25. The fourth-order valence-electron chi connectivity index (χ4n) is 3.25. The van der Waals surface area contributed by atoms with Gasteiger partial charge in [-0.25, -0.2) is 0 Å². The summed E-state index contributed by atoms with van der Waals surface area (Å²) in [6, 6.07) is 7.74. The molecule has 1 aliphatic heterocycles. The van der Waals surface area contributed by atoms with Crippen molar-refractivity contribution in [3.8, 4) is 5.75 Å². The predicted molar refractivity (Wildman–Crippen MR) is 83.5 cm³/mol. The van der Waals surface area contributed by atoms with Crippen LogP contribution in [0, 0.1) is 5.92 Å². The molecule has 1 amide bonds. The normalized spacial score (nSPS) is 21.8. The van der Waals surface area contributed by atoms with Crippen molar-refractivity contribution < 1.29 is 9.53 Å². The second-order valence-electron chi connectivity index (χ2n) is 6.07. The minimum absolute atomic E-state index is 0.00666. The van der Waals surface area contributed by atoms with E-state index in [0.29, 0.717) is 6.54 Å². The summed E-state index contributed by atoms with van der Waals surface area (Å²) in [5.41, 5.74) is 0.962. The van der Waals surface area contributed by atoms with Crippen LogP contribution in [0.25, 0.3) is 0 Å². The van der Waals surface area contributed by atoms with E-state index in [1.54, 1.807) is 0 Å². The van der Waals surface area contributed by atoms with Gasteiger partial charge in [0.1, 0.15) is 5.75 Å². The Morgan fingerprint density at radius 3 is 2.90 bits per heavy atom. The van der Waals surface area contributed by atoms with Crippen molar-refractivity contribution in [2.45, 2.75) is 44.6 Å². The second kappa shape index (κ2) is 6.83. The highest BCUT2D eigenvalue weighted by molar-refractivity contribution is 5.83. The lowest BCUT2D eigenvalue weighted by molar-refractivity contribution is -0.127. The number of para-hydroxylation sites is 2. The third-order valence-electron chi connectivity index (χ3n) is 4.50. The molecule has 1 heterocycles. The lowest BCUT2D eigenvalue weighted by Crippen LogP contribution is -2.45. The monoisotopic (exact) mass is 288 g/mol. The van der Waals surface area contributed by atoms with Crippen LogP contribution in [-0.2, 0) is 4.79 Å². The summed E-state index contributed by atoms with van der Waals surface area (Å²) in [5.74, 6) is 1.55. The molecule has 0 saturated heterocycles. The van der Waals surface area contributed by atoms with Gasteiger partial charge in [0.2, 0.25) is 0 Å². The van der Waals surface area contributed by atoms with Crippen molar-refractivity contribution in [3.63, 3.8) is 0 Å². The molecule has 1 aromatic rings. The van der Waals surface area contributed by atoms with Gasteiger partial charge in [-0.3, -0.25) is 4.79 Å². The number of amides is 1. The number of fused-ring (bicyclic) bond motifs is 1. The molecule has 21 heavy (non-hydrogen) atoms. The molecule has 0 spiro atoms. The number of benzene rings is 1. The number of rotatable bonds is 4. The van der Waals surface area contributed by atoms with Gasteiger partial charge in [0.05, 0.1) is 12.2 Å². The maximum absolute atomic E-state index is 12.2. The Kier molecular flexibility index (Phi) is 4.63. The average Bonchev–Trinajstić information content (AvgIpc) is 2.55. The summed E-state index contributed by atoms with van der Waals surface area (Å²) in [6.45, 7) is 1.30. The van der Waals surface area contributed by atoms with Gasteiger partial charge in [-0.2, -0.15) is 0 Å². The number of carbonyl (C=O) groups excluding carboxylic acids is 1. The largest absolute Gasteiger partial charge is 0.477 e. The van der Waals surface area contributed by atoms with Crippen molar-refractivity contribution in [2.24, 2.45) is 5.92 Å². The summed E-state index contributed by atoms with van der Waals surface area (Å²) in [7, 11) is 0. The van der Waals surface area contributed by atoms with Crippen molar-refractivity contribution in [3.05, 3.63) is 24.3 Å². The Bertz CT molecular complexity index is 483. The Morgan fingerprint density at radius 1 is 1.24 bits per heavy atom. The van der Waals surface area contributed by atoms with E-state index in [4.69, 9.17) is 4.74 Å². The summed E-state index contributed by atoms with van der Waals surface area (Å²) in [6.07, 6.45) is 7.41. The molecule has 1 aliphatic carbocycles. The summed E-state index contributed by atoms with van der Waals surface area (Å²) < 4.78 is 5.76. The number of hydrogen-bond donors (Lipinski definition) is 2. The minimum Gasteiger partial charge on any atom is -0.477 e. The first kappa shape index (κ1) is 14.2. The van der Waals surface area contributed by atoms with Crippen LogP contribution in [0.15, 0.2) is 24.3 Å². The smallest absolute Gasteiger partial charge is 0.262 e. The molecule has 114 valence electrons. The summed E-state index contributed by atoms with van der Waals surface area (Å²) in [5, 5.41) is 6.27. The molecule has 2 aliphatic rings. The first-order valence-electron chi connectivity index (χ1n) is 8.10. The minimum atomic E-state index is -0.425. The van der Waals surface area contributed by atoms with Gasteiger partial charge in [0.15, 0.2) is 6.10 Å². The van der Waals surface area contributed by atoms with Gasteiger partial charge < -0.3 is 15.4 Å². The van der Waals surface area contributed by atoms with E-state index in [1.807, 2.05) is 24.3 Å². The molecule has 4 nitrogen and oxygen atoms in total. The highest BCUT2D eigenvalue weighted by Crippen LogP contribution is 2.28. The predicted octanol–water partition coefficient (Wildman–Crippen LogP) is 2.95. The Balaban J connectivity index is 1.44. The van der Waals surface area contributed by atoms with Gasteiger partial charge >= 0.3 is 0 Å². The van der Waals surface area contributed by atoms with Gasteiger partial charge in [0, 0.05) is 6.54 Å². The molecule has 2 N–H and O–H groups in total. The van der Waals surface area contributed by atoms with Gasteiger partial charge in [0.25, 0.3) is 5.91 Å². The van der Waals surface area contributed by atoms with Crippen LogP contribution in [0.4, 0.5) is 5.69 Å². The van der Waals surface area contributed by atoms with E-state index < -0.39 is 6.10 Å². The Hall–Kier alpha value is -1.71. The molecule has 3 rings (SSSR count). The number of hydrogen-bond acceptors (Lipinski definition) is 3. The lowest BCUT2D eigenvalue weighted by Gasteiger charge is -2.27. The zero-order chi connectivity index (χ0) is 14.5. The summed E-state index contributed by atoms with van der Waals surface area (Å²) in [4.78, 5) is 12.2. The zero-order valence-electron chi connectivity index (χ0n) is 12.4. The molecule has 0 radical (unpaired) electrons. The van der Waals surface area contributed by atoms with Crippen molar-refractivity contribution >= 4 is 11.6 Å². The van der Waals surface area contributed by atoms with Crippen molar-refractivity contribution in [1.82, 2.24) is 5.32 Å². The van der Waals surface area contributed by atoms with Crippen LogP contribution >= 0.6 is 0 Å². The summed E-state index contributed by atoms with van der Waals surface area (Å²) >= 11 is 0. The van der Waals surface area contributed by atoms with Gasteiger partial charge in [-0.15, -0.1) is 0 Å². The van der Waals surface area contributed by atoms with E-state index >= 15 is 0 Å². The van der Waals surface area contributed by atoms with Gasteiger partial charge in [-0.1, -0.05) is 44.2 Å². The maximum Gasteiger partial charge on any atom is 0.262 e. The SMILES string of the molecule is O=C(NCCC1CCCCC1)C1CNc2ccccc2O1. The van der Waals surface area contributed by atoms with Crippen LogP contribution in [0.3, 0.4) is 0 Å². The van der Waals surface area contributed by atoms with Crippen LogP contribution in [0.5, 0.6) is 5.75 Å². The molecule has 1 saturated carbocycles. The Morgan fingerprint density at radius 2 is 2.05 bits per heavy atom. The molecule has 0 bridgehead atoms. The first-order valence-corrected chi connectivity index (χ1v) is 8.10. The quantitative estimate of drug-likeness (QED) is 0.895. The standard InChI is InChI=1S/C17H24N2O2/c20-17(18-11-10-13-6-2-1-3-7-13)16-12-19-14-8-4-5-9-15(14)21-16/h4-5,8-9,13,16,19H,1-3,6-7,10-12H2,(H,18,20). The highest BCUT2D eigenvalue weighted by atomic mass is 16.5. The molecular weight excluding hydrogens is 264 g/mol. The molecule has 1 unspecified atom stereocenters. The molecule has 0 aromatic heterocycles. The third-order valence-corrected chi connectivity index (χ3v) is 4.50.